The molecule has 4 nitrogen and oxygen atoms in total. The summed E-state index contributed by atoms with van der Waals surface area (Å²) in [5, 5.41) is 2.48. The number of fused-ring (bicyclic) bond motifs is 4. The zero-order valence-electron chi connectivity index (χ0n) is 26.8. The van der Waals surface area contributed by atoms with E-state index in [1.165, 1.54) is 64.3 Å². The molecule has 2 aliphatic rings. The second-order valence-electron chi connectivity index (χ2n) is 13.0. The molecule has 2 aromatic heterocycles. The standard InChI is InChI=1S/C38H40N4S2/c1-37(2)25-15-9-11-17-27(25)39(5)33(37)19-13-21-35-41(7)29-23-30-32(24-31(29)43-35)44-36(42(30)8)22-14-20-34-38(3,4)26-16-10-12-18-28(26)40(34)6/h9-24H,1-8H3/q+2. The highest BCUT2D eigenvalue weighted by Gasteiger charge is 2.38. The third kappa shape index (κ3) is 4.30. The Kier molecular flexibility index (Phi) is 6.72. The number of allylic oxidation sites excluding steroid dienone is 6. The summed E-state index contributed by atoms with van der Waals surface area (Å²) in [5.74, 6) is 0. The van der Waals surface area contributed by atoms with Gasteiger partial charge in [-0.05, 0) is 41.5 Å². The number of rotatable bonds is 4. The van der Waals surface area contributed by atoms with E-state index in [-0.39, 0.29) is 10.8 Å². The van der Waals surface area contributed by atoms with E-state index >= 15 is 0 Å². The van der Waals surface area contributed by atoms with Crippen LogP contribution >= 0.6 is 22.7 Å². The van der Waals surface area contributed by atoms with Crippen molar-refractivity contribution in [3.05, 3.63) is 118 Å². The lowest BCUT2D eigenvalue weighted by atomic mass is 9.84. The number of aromatic nitrogens is 2. The monoisotopic (exact) mass is 616 g/mol. The number of benzene rings is 3. The highest BCUT2D eigenvalue weighted by Crippen LogP contribution is 2.47. The van der Waals surface area contributed by atoms with Gasteiger partial charge in [0.2, 0.25) is 11.0 Å². The van der Waals surface area contributed by atoms with E-state index in [2.05, 4.69) is 172 Å². The predicted octanol–water partition coefficient (Wildman–Crippen LogP) is 8.41. The minimum atomic E-state index is -0.0199. The van der Waals surface area contributed by atoms with E-state index in [1.54, 1.807) is 0 Å². The van der Waals surface area contributed by atoms with E-state index in [4.69, 9.17) is 0 Å². The van der Waals surface area contributed by atoms with Crippen LogP contribution in [0, 0.1) is 0 Å². The zero-order valence-corrected chi connectivity index (χ0v) is 28.5. The Morgan fingerprint density at radius 1 is 0.614 bits per heavy atom. The van der Waals surface area contributed by atoms with Crippen LogP contribution in [0.4, 0.5) is 11.4 Å². The topological polar surface area (TPSA) is 14.2 Å². The second kappa shape index (κ2) is 10.3. The van der Waals surface area contributed by atoms with Crippen LogP contribution in [-0.4, -0.2) is 14.1 Å². The summed E-state index contributed by atoms with van der Waals surface area (Å²) < 4.78 is 7.26. The Balaban J connectivity index is 1.16. The van der Waals surface area contributed by atoms with E-state index < -0.39 is 0 Å². The van der Waals surface area contributed by atoms with Gasteiger partial charge in [0.05, 0.1) is 6.07 Å². The first-order valence-corrected chi connectivity index (χ1v) is 16.8. The lowest BCUT2D eigenvalue weighted by molar-refractivity contribution is -0.646. The fraction of sp³-hybridized carbons (Fsp3) is 0.263. The summed E-state index contributed by atoms with van der Waals surface area (Å²) >= 11 is 3.70. The quantitative estimate of drug-likeness (QED) is 0.188. The molecule has 0 N–H and O–H groups in total. The number of thiazole rings is 2. The molecule has 3 aromatic carbocycles. The van der Waals surface area contributed by atoms with Crippen LogP contribution in [0.25, 0.3) is 32.6 Å². The Morgan fingerprint density at radius 3 is 1.43 bits per heavy atom. The summed E-state index contributed by atoms with van der Waals surface area (Å²) in [4.78, 5) is 4.65. The molecule has 7 rings (SSSR count). The van der Waals surface area contributed by atoms with Crippen molar-refractivity contribution in [2.45, 2.75) is 38.5 Å². The van der Waals surface area contributed by atoms with Gasteiger partial charge in [-0.1, -0.05) is 98.9 Å². The average Bonchev–Trinajstić information content (AvgIpc) is 3.61. The van der Waals surface area contributed by atoms with Crippen LogP contribution in [0.5, 0.6) is 0 Å². The first-order chi connectivity index (χ1) is 21.0. The molecule has 0 aliphatic carbocycles. The highest BCUT2D eigenvalue weighted by molar-refractivity contribution is 7.21. The van der Waals surface area contributed by atoms with Crippen molar-refractivity contribution in [3.63, 3.8) is 0 Å². The van der Waals surface area contributed by atoms with Crippen molar-refractivity contribution in [1.29, 1.82) is 0 Å². The normalized spacial score (nSPS) is 19.1. The van der Waals surface area contributed by atoms with Crippen molar-refractivity contribution in [2.24, 2.45) is 14.1 Å². The molecule has 6 heteroatoms. The van der Waals surface area contributed by atoms with Crippen molar-refractivity contribution in [1.82, 2.24) is 0 Å². The molecular formula is C38H40N4S2+2. The molecule has 0 amide bonds. The summed E-state index contributed by atoms with van der Waals surface area (Å²) in [5.41, 5.74) is 10.5. The van der Waals surface area contributed by atoms with Gasteiger partial charge in [-0.25, -0.2) is 0 Å². The largest absolute Gasteiger partial charge is 0.347 e. The lowest BCUT2D eigenvalue weighted by Crippen LogP contribution is -2.31. The van der Waals surface area contributed by atoms with Gasteiger partial charge in [-0.15, -0.1) is 0 Å². The minimum absolute atomic E-state index is 0.0199. The number of nitrogens with zero attached hydrogens (tertiary/aromatic N) is 4. The third-order valence-electron chi connectivity index (χ3n) is 9.72. The fourth-order valence-electron chi connectivity index (χ4n) is 7.16. The van der Waals surface area contributed by atoms with Crippen LogP contribution in [0.1, 0.15) is 48.8 Å². The summed E-state index contributed by atoms with van der Waals surface area (Å²) in [7, 11) is 8.70. The molecule has 5 aromatic rings. The molecule has 0 unspecified atom stereocenters. The van der Waals surface area contributed by atoms with Gasteiger partial charge in [0.15, 0.2) is 0 Å². The van der Waals surface area contributed by atoms with Gasteiger partial charge >= 0.3 is 0 Å². The van der Waals surface area contributed by atoms with Crippen LogP contribution in [-0.2, 0) is 24.9 Å². The molecule has 0 saturated carbocycles. The van der Waals surface area contributed by atoms with Crippen molar-refractivity contribution >= 4 is 66.6 Å². The maximum atomic E-state index is 2.36. The number of aryl methyl sites for hydroxylation is 2. The van der Waals surface area contributed by atoms with Crippen LogP contribution in [0.15, 0.2) is 96.4 Å². The number of hydrogen-bond donors (Lipinski definition) is 0. The third-order valence-corrected chi connectivity index (χ3v) is 12.1. The van der Waals surface area contributed by atoms with Crippen LogP contribution < -0.4 is 18.9 Å². The van der Waals surface area contributed by atoms with Crippen molar-refractivity contribution < 1.29 is 9.13 Å². The molecule has 0 bridgehead atoms. The lowest BCUT2D eigenvalue weighted by Gasteiger charge is -2.23. The number of hydrogen-bond acceptors (Lipinski definition) is 4. The van der Waals surface area contributed by atoms with Gasteiger partial charge in [0.25, 0.3) is 10.0 Å². The van der Waals surface area contributed by atoms with E-state index in [1.807, 2.05) is 22.7 Å². The first-order valence-electron chi connectivity index (χ1n) is 15.2. The van der Waals surface area contributed by atoms with Crippen LogP contribution in [0.3, 0.4) is 0 Å². The van der Waals surface area contributed by atoms with Gasteiger partial charge in [-0.3, -0.25) is 0 Å². The molecule has 4 heterocycles. The van der Waals surface area contributed by atoms with Gasteiger partial charge in [-0.2, -0.15) is 9.13 Å². The average molecular weight is 617 g/mol. The number of likely N-dealkylation sites (N-methyl/N-ethyl adjacent to an activating group) is 2. The molecular weight excluding hydrogens is 577 g/mol. The molecule has 0 spiro atoms. The first kappa shape index (κ1) is 28.8. The summed E-state index contributed by atoms with van der Waals surface area (Å²) in [6, 6.07) is 22.2. The highest BCUT2D eigenvalue weighted by atomic mass is 32.1. The summed E-state index contributed by atoms with van der Waals surface area (Å²) in [6.45, 7) is 9.26. The second-order valence-corrected chi connectivity index (χ2v) is 15.1. The Hall–Kier alpha value is -4.00. The maximum Gasteiger partial charge on any atom is 0.262 e. The Morgan fingerprint density at radius 2 is 1.02 bits per heavy atom. The SMILES string of the molecule is CN1/C(=C/C=C/c2sc3cc4sc(/C=C/C=C5/N(C)c6ccccc6C5(C)C)[n+](C)c4cc3[n+]2C)C(C)(C)c2ccccc21. The molecule has 0 atom stereocenters. The molecule has 0 fully saturated rings. The van der Waals surface area contributed by atoms with Gasteiger partial charge in [0.1, 0.15) is 23.5 Å². The molecule has 44 heavy (non-hydrogen) atoms. The maximum absolute atomic E-state index is 2.36. The molecule has 2 aliphatic heterocycles. The van der Waals surface area contributed by atoms with Gasteiger partial charge in [0, 0.05) is 59.8 Å². The number of anilines is 2. The van der Waals surface area contributed by atoms with E-state index in [9.17, 15) is 0 Å². The fourth-order valence-corrected chi connectivity index (χ4v) is 9.41. The van der Waals surface area contributed by atoms with E-state index in [0.29, 0.717) is 0 Å². The molecule has 222 valence electrons. The van der Waals surface area contributed by atoms with Gasteiger partial charge < -0.3 is 9.80 Å². The Labute approximate surface area is 268 Å². The smallest absolute Gasteiger partial charge is 0.262 e. The minimum Gasteiger partial charge on any atom is -0.347 e. The zero-order chi connectivity index (χ0) is 31.0. The van der Waals surface area contributed by atoms with Crippen LogP contribution in [0.2, 0.25) is 0 Å². The Bertz CT molecular complexity index is 1940. The van der Waals surface area contributed by atoms with Crippen molar-refractivity contribution in [2.75, 3.05) is 23.9 Å². The molecule has 0 radical (unpaired) electrons. The van der Waals surface area contributed by atoms with Crippen molar-refractivity contribution in [3.8, 4) is 0 Å². The summed E-state index contributed by atoms with van der Waals surface area (Å²) in [6.07, 6.45) is 13.5. The molecule has 0 saturated heterocycles. The van der Waals surface area contributed by atoms with E-state index in [0.717, 1.165) is 0 Å². The predicted molar refractivity (Wildman–Crippen MR) is 190 cm³/mol. The number of para-hydroxylation sites is 2.